The summed E-state index contributed by atoms with van der Waals surface area (Å²) < 4.78 is 0. The maximum atomic E-state index is 12.5. The van der Waals surface area contributed by atoms with Gasteiger partial charge in [0.25, 0.3) is 0 Å². The molecule has 2 aromatic carbocycles. The number of ketones is 1. The zero-order valence-electron chi connectivity index (χ0n) is 26.0. The number of Topliss-reactive ketones (excluding diaryl/α,β-unsaturated/α-hetero) is 1. The van der Waals surface area contributed by atoms with Crippen LogP contribution >= 0.6 is 11.8 Å². The molecule has 13 heteroatoms. The molecule has 4 N–H and O–H groups in total. The fraction of sp³-hybridized carbons (Fsp3) is 0.364. The van der Waals surface area contributed by atoms with E-state index in [0.717, 1.165) is 24.9 Å². The van der Waals surface area contributed by atoms with Crippen LogP contribution in [0.4, 0.5) is 11.4 Å². The normalized spacial score (nSPS) is 14.3. The molecule has 0 amide bonds. The molecule has 0 atom stereocenters. The molecule has 0 radical (unpaired) electrons. The van der Waals surface area contributed by atoms with Crippen molar-refractivity contribution in [2.24, 2.45) is 0 Å². The number of rotatable bonds is 12. The number of unbranched alkanes of at least 4 members (excludes halogenated alkanes) is 1. The first-order chi connectivity index (χ1) is 21.9. The summed E-state index contributed by atoms with van der Waals surface area (Å²) in [4.78, 5) is 60.7. The first-order valence-electron chi connectivity index (χ1n) is 14.8. The van der Waals surface area contributed by atoms with Gasteiger partial charge in [-0.3, -0.25) is 4.79 Å². The van der Waals surface area contributed by atoms with E-state index in [2.05, 4.69) is 65.1 Å². The van der Waals surface area contributed by atoms with Gasteiger partial charge < -0.3 is 35.1 Å². The van der Waals surface area contributed by atoms with Crippen LogP contribution in [0.25, 0.3) is 0 Å². The molecule has 0 aliphatic carbocycles. The fourth-order valence-corrected chi connectivity index (χ4v) is 5.65. The van der Waals surface area contributed by atoms with Crippen molar-refractivity contribution in [3.8, 4) is 0 Å². The molecule has 1 fully saturated rings. The number of carbonyl (C=O) groups is 5. The topological polar surface area (TPSA) is 176 Å². The highest BCUT2D eigenvalue weighted by Gasteiger charge is 2.24. The molecule has 12 nitrogen and oxygen atoms in total. The molecular weight excluding hydrogens is 614 g/mol. The highest BCUT2D eigenvalue weighted by molar-refractivity contribution is 7.99. The van der Waals surface area contributed by atoms with Gasteiger partial charge in [0.2, 0.25) is 0 Å². The van der Waals surface area contributed by atoms with Crippen molar-refractivity contribution >= 4 is 52.8 Å². The number of hydrogen-bond donors (Lipinski definition) is 4. The molecule has 2 aliphatic rings. The third-order valence-corrected chi connectivity index (χ3v) is 7.99. The van der Waals surface area contributed by atoms with Gasteiger partial charge in [-0.2, -0.15) is 0 Å². The quantitative estimate of drug-likeness (QED) is 0.140. The Morgan fingerprint density at radius 3 is 1.78 bits per heavy atom. The molecule has 248 valence electrons. The summed E-state index contributed by atoms with van der Waals surface area (Å²) in [6.45, 7) is 8.97. The summed E-state index contributed by atoms with van der Waals surface area (Å²) in [7, 11) is 2.21. The smallest absolute Gasteiger partial charge is 0.328 e. The second-order valence-corrected chi connectivity index (χ2v) is 11.5. The van der Waals surface area contributed by atoms with Crippen LogP contribution in [-0.2, 0) is 19.2 Å². The van der Waals surface area contributed by atoms with Crippen LogP contribution in [0.5, 0.6) is 0 Å². The molecule has 0 aromatic heterocycles. The minimum absolute atomic E-state index is 0.249. The van der Waals surface area contributed by atoms with Gasteiger partial charge in [-0.25, -0.2) is 19.2 Å². The first kappa shape index (κ1) is 37.7. The number of carboxylic acid groups (broad SMARTS) is 4. The molecule has 0 saturated carbocycles. The van der Waals surface area contributed by atoms with Crippen LogP contribution in [0.1, 0.15) is 43.0 Å². The van der Waals surface area contributed by atoms with Crippen molar-refractivity contribution in [3.63, 3.8) is 0 Å². The fourth-order valence-electron chi connectivity index (χ4n) is 4.58. The van der Waals surface area contributed by atoms with Crippen molar-refractivity contribution < 1.29 is 44.4 Å². The number of benzene rings is 2. The average molecular weight is 656 g/mol. The Bertz CT molecular complexity index is 1350. The maximum absolute atomic E-state index is 12.5. The molecule has 2 aromatic rings. The standard InChI is InChI=1S/C25H33N3OS.2C4H4O4/c1-3-8-23(29)20-11-12-25-22(19-20)28(21-9-4-5-10-24(21)30-25)14-7-6-13-27-17-15-26(2)16-18-27;2*5-3(6)1-2-4(7)8/h4-5,9-12,19H,3,6-8,13-18H2,1-2H3;2*1-2H,(H,5,6)(H,7,8)/b;2*2-1-. The Morgan fingerprint density at radius 2 is 1.24 bits per heavy atom. The molecule has 2 heterocycles. The lowest BCUT2D eigenvalue weighted by Gasteiger charge is -2.34. The molecule has 0 spiro atoms. The van der Waals surface area contributed by atoms with Crippen LogP contribution in [0.2, 0.25) is 0 Å². The van der Waals surface area contributed by atoms with Gasteiger partial charge in [-0.1, -0.05) is 36.9 Å². The van der Waals surface area contributed by atoms with E-state index in [9.17, 15) is 24.0 Å². The van der Waals surface area contributed by atoms with Crippen LogP contribution in [0, 0.1) is 0 Å². The molecule has 2 aliphatic heterocycles. The number of fused-ring (bicyclic) bond motifs is 2. The van der Waals surface area contributed by atoms with Gasteiger partial charge in [0.1, 0.15) is 0 Å². The lowest BCUT2D eigenvalue weighted by atomic mass is 10.1. The molecule has 0 unspecified atom stereocenters. The van der Waals surface area contributed by atoms with E-state index in [4.69, 9.17) is 20.4 Å². The second-order valence-electron chi connectivity index (χ2n) is 10.4. The van der Waals surface area contributed by atoms with E-state index >= 15 is 0 Å². The number of carboxylic acids is 4. The number of nitrogens with zero attached hydrogens (tertiary/aromatic N) is 3. The highest BCUT2D eigenvalue weighted by Crippen LogP contribution is 2.48. The van der Waals surface area contributed by atoms with Crippen molar-refractivity contribution in [1.29, 1.82) is 0 Å². The molecule has 4 rings (SSSR count). The maximum Gasteiger partial charge on any atom is 0.328 e. The number of carbonyl (C=O) groups excluding carboxylic acids is 1. The first-order valence-corrected chi connectivity index (χ1v) is 15.6. The van der Waals surface area contributed by atoms with Crippen molar-refractivity contribution in [2.45, 2.75) is 42.4 Å². The molecule has 0 bridgehead atoms. The number of piperazine rings is 1. The van der Waals surface area contributed by atoms with Crippen LogP contribution < -0.4 is 4.90 Å². The van der Waals surface area contributed by atoms with E-state index in [0.29, 0.717) is 30.7 Å². The molecule has 1 saturated heterocycles. The van der Waals surface area contributed by atoms with Crippen LogP contribution in [0.15, 0.2) is 76.6 Å². The Morgan fingerprint density at radius 1 is 0.717 bits per heavy atom. The van der Waals surface area contributed by atoms with Gasteiger partial charge in [-0.15, -0.1) is 0 Å². The van der Waals surface area contributed by atoms with E-state index < -0.39 is 23.9 Å². The SMILES string of the molecule is CCCC(=O)c1ccc2c(c1)N(CCCCN1CCN(C)CC1)c1ccccc1S2.O=C(O)/C=C\C(=O)O.O=C(O)/C=C\C(=O)O. The van der Waals surface area contributed by atoms with E-state index in [1.165, 1.54) is 60.3 Å². The monoisotopic (exact) mass is 655 g/mol. The van der Waals surface area contributed by atoms with E-state index in [1.807, 2.05) is 17.8 Å². The van der Waals surface area contributed by atoms with Gasteiger partial charge in [0.15, 0.2) is 5.78 Å². The Labute approximate surface area is 272 Å². The number of hydrogen-bond acceptors (Lipinski definition) is 9. The molecular formula is C33H41N3O9S. The lowest BCUT2D eigenvalue weighted by Crippen LogP contribution is -2.44. The van der Waals surface area contributed by atoms with Gasteiger partial charge >= 0.3 is 23.9 Å². The Kier molecular flexibility index (Phi) is 16.3. The number of aliphatic carboxylic acids is 4. The number of para-hydroxylation sites is 1. The van der Waals surface area contributed by atoms with Gasteiger partial charge in [-0.05, 0) is 57.1 Å². The zero-order chi connectivity index (χ0) is 34.1. The minimum atomic E-state index is -1.26. The summed E-state index contributed by atoms with van der Waals surface area (Å²) >= 11 is 1.82. The zero-order valence-corrected chi connectivity index (χ0v) is 26.8. The van der Waals surface area contributed by atoms with E-state index in [1.54, 1.807) is 0 Å². The highest BCUT2D eigenvalue weighted by atomic mass is 32.2. The predicted molar refractivity (Wildman–Crippen MR) is 175 cm³/mol. The van der Waals surface area contributed by atoms with Gasteiger partial charge in [0.05, 0.1) is 11.4 Å². The summed E-state index contributed by atoms with van der Waals surface area (Å²) in [6, 6.07) is 14.9. The largest absolute Gasteiger partial charge is 0.478 e. The number of likely N-dealkylation sites (N-methyl/N-ethyl adjacent to an activating group) is 1. The Balaban J connectivity index is 0.000000381. The van der Waals surface area contributed by atoms with Crippen molar-refractivity contribution in [2.75, 3.05) is 51.2 Å². The number of anilines is 2. The summed E-state index contributed by atoms with van der Waals surface area (Å²) in [6.07, 6.45) is 6.10. The Hall–Kier alpha value is -4.46. The summed E-state index contributed by atoms with van der Waals surface area (Å²) in [5.41, 5.74) is 3.31. The van der Waals surface area contributed by atoms with Crippen LogP contribution in [-0.4, -0.2) is 106 Å². The average Bonchev–Trinajstić information content (AvgIpc) is 3.02. The van der Waals surface area contributed by atoms with Gasteiger partial charge in [0, 0.05) is 78.8 Å². The summed E-state index contributed by atoms with van der Waals surface area (Å²) in [5.74, 6) is -4.78. The van der Waals surface area contributed by atoms with Crippen molar-refractivity contribution in [1.82, 2.24) is 9.80 Å². The van der Waals surface area contributed by atoms with E-state index in [-0.39, 0.29) is 5.78 Å². The van der Waals surface area contributed by atoms with Crippen LogP contribution in [0.3, 0.4) is 0 Å². The molecule has 46 heavy (non-hydrogen) atoms. The lowest BCUT2D eigenvalue weighted by molar-refractivity contribution is -0.134. The second kappa shape index (κ2) is 19.8. The summed E-state index contributed by atoms with van der Waals surface area (Å²) in [5, 5.41) is 31.2. The third-order valence-electron chi connectivity index (χ3n) is 6.86. The predicted octanol–water partition coefficient (Wildman–Crippen LogP) is 4.72. The van der Waals surface area contributed by atoms with Crippen molar-refractivity contribution in [3.05, 3.63) is 72.3 Å². The third kappa shape index (κ3) is 13.7. The minimum Gasteiger partial charge on any atom is -0.478 e.